The summed E-state index contributed by atoms with van der Waals surface area (Å²) in [5.74, 6) is 0.606. The molecule has 0 unspecified atom stereocenters. The van der Waals surface area contributed by atoms with Crippen LogP contribution in [0.3, 0.4) is 0 Å². The van der Waals surface area contributed by atoms with E-state index in [0.717, 1.165) is 0 Å². The molecule has 1 amide bonds. The Morgan fingerprint density at radius 2 is 1.89 bits per heavy atom. The van der Waals surface area contributed by atoms with E-state index in [9.17, 15) is 9.59 Å². The van der Waals surface area contributed by atoms with Crippen molar-refractivity contribution >= 4 is 11.7 Å². The molecule has 0 aromatic heterocycles. The van der Waals surface area contributed by atoms with E-state index in [1.165, 1.54) is 4.90 Å². The van der Waals surface area contributed by atoms with E-state index in [0.29, 0.717) is 24.2 Å². The number of amides is 1. The first-order chi connectivity index (χ1) is 8.56. The number of para-hydroxylation sites is 1. The van der Waals surface area contributed by atoms with Crippen molar-refractivity contribution in [2.24, 2.45) is 0 Å². The van der Waals surface area contributed by atoms with Crippen LogP contribution in [0, 0.1) is 0 Å². The molecule has 0 N–H and O–H groups in total. The summed E-state index contributed by atoms with van der Waals surface area (Å²) in [6, 6.07) is 7.12. The molecule has 0 saturated carbocycles. The van der Waals surface area contributed by atoms with Gasteiger partial charge in [0.05, 0.1) is 18.6 Å². The van der Waals surface area contributed by atoms with Crippen LogP contribution in [-0.4, -0.2) is 37.3 Å². The molecule has 0 aliphatic heterocycles. The van der Waals surface area contributed by atoms with E-state index in [-0.39, 0.29) is 18.3 Å². The zero-order chi connectivity index (χ0) is 13.5. The summed E-state index contributed by atoms with van der Waals surface area (Å²) in [5.41, 5.74) is 0.581. The molecule has 4 nitrogen and oxygen atoms in total. The van der Waals surface area contributed by atoms with E-state index in [1.54, 1.807) is 32.3 Å². The molecule has 0 aliphatic rings. The Morgan fingerprint density at radius 1 is 1.22 bits per heavy atom. The van der Waals surface area contributed by atoms with Crippen LogP contribution in [0.2, 0.25) is 0 Å². The van der Waals surface area contributed by atoms with Crippen molar-refractivity contribution in [3.63, 3.8) is 0 Å². The third-order valence-corrected chi connectivity index (χ3v) is 2.58. The van der Waals surface area contributed by atoms with Crippen LogP contribution in [-0.2, 0) is 4.79 Å². The van der Waals surface area contributed by atoms with E-state index in [2.05, 4.69) is 0 Å². The van der Waals surface area contributed by atoms with Crippen molar-refractivity contribution in [1.82, 2.24) is 4.90 Å². The molecular weight excluding hydrogens is 230 g/mol. The first-order valence-corrected chi connectivity index (χ1v) is 6.01. The molecule has 0 spiro atoms. The molecular formula is C14H19NO3. The van der Waals surface area contributed by atoms with Gasteiger partial charge in [0.25, 0.3) is 0 Å². The Morgan fingerprint density at radius 3 is 2.50 bits per heavy atom. The van der Waals surface area contributed by atoms with Gasteiger partial charge in [-0.25, -0.2) is 0 Å². The van der Waals surface area contributed by atoms with Crippen molar-refractivity contribution in [1.29, 1.82) is 0 Å². The van der Waals surface area contributed by atoms with Gasteiger partial charge in [0, 0.05) is 20.5 Å². The molecule has 0 bridgehead atoms. The van der Waals surface area contributed by atoms with Crippen molar-refractivity contribution in [3.05, 3.63) is 29.8 Å². The van der Waals surface area contributed by atoms with Crippen molar-refractivity contribution < 1.29 is 14.3 Å². The molecule has 18 heavy (non-hydrogen) atoms. The van der Waals surface area contributed by atoms with Crippen LogP contribution in [0.5, 0.6) is 5.75 Å². The van der Waals surface area contributed by atoms with Crippen LogP contribution in [0.25, 0.3) is 0 Å². The number of hydrogen-bond donors (Lipinski definition) is 0. The van der Waals surface area contributed by atoms with Gasteiger partial charge in [0.15, 0.2) is 5.78 Å². The minimum absolute atomic E-state index is 0.00861. The molecule has 0 heterocycles. The Labute approximate surface area is 108 Å². The maximum Gasteiger partial charge on any atom is 0.225 e. The fraction of sp³-hybridized carbons (Fsp3) is 0.429. The highest BCUT2D eigenvalue weighted by Crippen LogP contribution is 2.19. The van der Waals surface area contributed by atoms with Gasteiger partial charge in [-0.05, 0) is 12.1 Å². The van der Waals surface area contributed by atoms with Gasteiger partial charge in [-0.3, -0.25) is 9.59 Å². The minimum atomic E-state index is 0.00861. The van der Waals surface area contributed by atoms with Gasteiger partial charge in [0.2, 0.25) is 5.91 Å². The van der Waals surface area contributed by atoms with E-state index in [1.807, 2.05) is 13.0 Å². The van der Waals surface area contributed by atoms with Gasteiger partial charge < -0.3 is 9.64 Å². The highest BCUT2D eigenvalue weighted by molar-refractivity contribution is 5.98. The van der Waals surface area contributed by atoms with Crippen LogP contribution in [0.15, 0.2) is 24.3 Å². The fourth-order valence-electron chi connectivity index (χ4n) is 1.49. The second-order valence-electron chi connectivity index (χ2n) is 4.16. The lowest BCUT2D eigenvalue weighted by Gasteiger charge is -2.12. The molecule has 0 aliphatic carbocycles. The topological polar surface area (TPSA) is 46.6 Å². The van der Waals surface area contributed by atoms with Gasteiger partial charge in [0.1, 0.15) is 5.75 Å². The molecule has 1 aromatic carbocycles. The number of carbonyl (C=O) groups excluding carboxylic acids is 2. The summed E-state index contributed by atoms with van der Waals surface area (Å²) < 4.78 is 5.51. The summed E-state index contributed by atoms with van der Waals surface area (Å²) in [4.78, 5) is 24.6. The predicted molar refractivity (Wildman–Crippen MR) is 69.9 cm³/mol. The predicted octanol–water partition coefficient (Wildman–Crippen LogP) is 2.14. The normalized spacial score (nSPS) is 9.94. The first kappa shape index (κ1) is 14.2. The maximum atomic E-state index is 11.7. The maximum absolute atomic E-state index is 11.7. The molecule has 0 fully saturated rings. The molecule has 1 rings (SSSR count). The van der Waals surface area contributed by atoms with Crippen molar-refractivity contribution in [3.8, 4) is 5.75 Å². The SMILES string of the molecule is CCC(=O)c1ccccc1OCCC(=O)N(C)C. The van der Waals surface area contributed by atoms with Gasteiger partial charge in [-0.15, -0.1) is 0 Å². The molecule has 0 saturated heterocycles. The first-order valence-electron chi connectivity index (χ1n) is 6.01. The van der Waals surface area contributed by atoms with E-state index >= 15 is 0 Å². The highest BCUT2D eigenvalue weighted by Gasteiger charge is 2.10. The summed E-state index contributed by atoms with van der Waals surface area (Å²) in [5, 5.41) is 0. The Hall–Kier alpha value is -1.84. The van der Waals surface area contributed by atoms with E-state index in [4.69, 9.17) is 4.74 Å². The Bertz CT molecular complexity index is 427. The summed E-state index contributed by atoms with van der Waals surface area (Å²) in [7, 11) is 3.41. The molecule has 98 valence electrons. The van der Waals surface area contributed by atoms with Gasteiger partial charge in [-0.2, -0.15) is 0 Å². The number of Topliss-reactive ketones (excluding diaryl/α,β-unsaturated/α-hetero) is 1. The van der Waals surface area contributed by atoms with E-state index < -0.39 is 0 Å². The fourth-order valence-corrected chi connectivity index (χ4v) is 1.49. The number of ketones is 1. The summed E-state index contributed by atoms with van der Waals surface area (Å²) in [6.45, 7) is 2.10. The number of rotatable bonds is 6. The summed E-state index contributed by atoms with van der Waals surface area (Å²) >= 11 is 0. The number of hydrogen-bond acceptors (Lipinski definition) is 3. The molecule has 4 heteroatoms. The monoisotopic (exact) mass is 249 g/mol. The second kappa shape index (κ2) is 6.79. The molecule has 0 atom stereocenters. The number of ether oxygens (including phenoxy) is 1. The zero-order valence-corrected chi connectivity index (χ0v) is 11.1. The number of benzene rings is 1. The van der Waals surface area contributed by atoms with Crippen LogP contribution in [0.4, 0.5) is 0 Å². The second-order valence-corrected chi connectivity index (χ2v) is 4.16. The Kier molecular flexibility index (Phi) is 5.36. The standard InChI is InChI=1S/C14H19NO3/c1-4-12(16)11-7-5-6-8-13(11)18-10-9-14(17)15(2)3/h5-8H,4,9-10H2,1-3H3. The van der Waals surface area contributed by atoms with Crippen molar-refractivity contribution in [2.75, 3.05) is 20.7 Å². The average Bonchev–Trinajstić information content (AvgIpc) is 2.38. The summed E-state index contributed by atoms with van der Waals surface area (Å²) in [6.07, 6.45) is 0.749. The van der Waals surface area contributed by atoms with Crippen LogP contribution < -0.4 is 4.74 Å². The van der Waals surface area contributed by atoms with Crippen molar-refractivity contribution in [2.45, 2.75) is 19.8 Å². The minimum Gasteiger partial charge on any atom is -0.492 e. The molecule has 0 radical (unpaired) electrons. The zero-order valence-electron chi connectivity index (χ0n) is 11.1. The van der Waals surface area contributed by atoms with Gasteiger partial charge in [-0.1, -0.05) is 19.1 Å². The van der Waals surface area contributed by atoms with Gasteiger partial charge >= 0.3 is 0 Å². The van der Waals surface area contributed by atoms with Crippen LogP contribution >= 0.6 is 0 Å². The third kappa shape index (κ3) is 3.87. The quantitative estimate of drug-likeness (QED) is 0.726. The largest absolute Gasteiger partial charge is 0.492 e. The Balaban J connectivity index is 2.62. The smallest absolute Gasteiger partial charge is 0.225 e. The highest BCUT2D eigenvalue weighted by atomic mass is 16.5. The number of carbonyl (C=O) groups is 2. The lowest BCUT2D eigenvalue weighted by molar-refractivity contribution is -0.129. The third-order valence-electron chi connectivity index (χ3n) is 2.58. The van der Waals surface area contributed by atoms with Crippen LogP contribution in [0.1, 0.15) is 30.1 Å². The lowest BCUT2D eigenvalue weighted by atomic mass is 10.1. The molecule has 1 aromatic rings. The average molecular weight is 249 g/mol. The lowest BCUT2D eigenvalue weighted by Crippen LogP contribution is -2.23. The number of nitrogens with zero attached hydrogens (tertiary/aromatic N) is 1.